The molecule has 1 atom stereocenters. The van der Waals surface area contributed by atoms with Gasteiger partial charge in [-0.05, 0) is 30.7 Å². The van der Waals surface area contributed by atoms with Crippen molar-refractivity contribution < 1.29 is 4.79 Å². The Kier molecular flexibility index (Phi) is 5.34. The van der Waals surface area contributed by atoms with E-state index in [0.717, 1.165) is 55.0 Å². The smallest absolute Gasteiger partial charge is 0.225 e. The first kappa shape index (κ1) is 19.6. The summed E-state index contributed by atoms with van der Waals surface area (Å²) in [4.78, 5) is 29.4. The van der Waals surface area contributed by atoms with Crippen LogP contribution in [-0.4, -0.2) is 47.0 Å². The lowest BCUT2D eigenvalue weighted by Crippen LogP contribution is -2.50. The zero-order valence-corrected chi connectivity index (χ0v) is 18.6. The summed E-state index contributed by atoms with van der Waals surface area (Å²) in [6.45, 7) is 13.9. The van der Waals surface area contributed by atoms with Crippen LogP contribution in [0.1, 0.15) is 63.2 Å². The second-order valence-corrected chi connectivity index (χ2v) is 10.1. The van der Waals surface area contributed by atoms with Crippen molar-refractivity contribution in [2.45, 2.75) is 59.8 Å². The van der Waals surface area contributed by atoms with E-state index in [0.29, 0.717) is 5.92 Å². The lowest BCUT2D eigenvalue weighted by molar-refractivity contribution is -0.134. The first-order valence-corrected chi connectivity index (χ1v) is 11.5. The number of anilines is 1. The topological polar surface area (TPSA) is 49.3 Å². The summed E-state index contributed by atoms with van der Waals surface area (Å²) < 4.78 is 0. The number of rotatable bonds is 3. The van der Waals surface area contributed by atoms with Gasteiger partial charge in [0.2, 0.25) is 5.91 Å². The number of fused-ring (bicyclic) bond motifs is 3. The Balaban J connectivity index is 1.71. The number of hydrogen-bond donors (Lipinski definition) is 0. The van der Waals surface area contributed by atoms with Gasteiger partial charge in [0.05, 0.1) is 5.39 Å². The van der Waals surface area contributed by atoms with E-state index in [1.807, 2.05) is 30.1 Å². The Morgan fingerprint density at radius 1 is 1.11 bits per heavy atom. The van der Waals surface area contributed by atoms with Crippen LogP contribution in [0.5, 0.6) is 0 Å². The average molecular weight is 401 g/mol. The Morgan fingerprint density at radius 3 is 2.46 bits per heavy atom. The second kappa shape index (κ2) is 7.62. The summed E-state index contributed by atoms with van der Waals surface area (Å²) in [6.07, 6.45) is 3.56. The molecule has 0 spiro atoms. The minimum absolute atomic E-state index is 0.0655. The van der Waals surface area contributed by atoms with Crippen LogP contribution in [0.15, 0.2) is 0 Å². The summed E-state index contributed by atoms with van der Waals surface area (Å²) >= 11 is 1.88. The van der Waals surface area contributed by atoms with E-state index < -0.39 is 0 Å². The van der Waals surface area contributed by atoms with Gasteiger partial charge in [-0.15, -0.1) is 11.3 Å². The molecule has 0 saturated carbocycles. The molecule has 2 aromatic rings. The van der Waals surface area contributed by atoms with Crippen molar-refractivity contribution in [2.24, 2.45) is 11.8 Å². The van der Waals surface area contributed by atoms with E-state index in [-0.39, 0.29) is 11.8 Å². The van der Waals surface area contributed by atoms with Crippen LogP contribution in [0, 0.1) is 11.8 Å². The van der Waals surface area contributed by atoms with E-state index in [1.165, 1.54) is 28.7 Å². The molecule has 0 bridgehead atoms. The van der Waals surface area contributed by atoms with Gasteiger partial charge in [-0.2, -0.15) is 0 Å². The highest BCUT2D eigenvalue weighted by Crippen LogP contribution is 2.41. The maximum Gasteiger partial charge on any atom is 0.225 e. The molecular weight excluding hydrogens is 368 g/mol. The standard InChI is InChI=1S/C22H32N4OS/c1-13(2)19-23-20(25-8-10-26(11-9-25)22(27)14(3)4)18-16-7-6-15(5)12-17(16)28-21(18)24-19/h13-15H,6-12H2,1-5H3/t15-/m1/s1. The van der Waals surface area contributed by atoms with E-state index in [4.69, 9.17) is 9.97 Å². The summed E-state index contributed by atoms with van der Waals surface area (Å²) in [5, 5.41) is 1.29. The van der Waals surface area contributed by atoms with Crippen molar-refractivity contribution in [1.82, 2.24) is 14.9 Å². The van der Waals surface area contributed by atoms with Gasteiger partial charge < -0.3 is 9.80 Å². The number of amides is 1. The molecule has 6 heteroatoms. The highest BCUT2D eigenvalue weighted by atomic mass is 32.1. The number of thiophene rings is 1. The second-order valence-electron chi connectivity index (χ2n) is 9.06. The van der Waals surface area contributed by atoms with Gasteiger partial charge in [0, 0.05) is 42.9 Å². The zero-order chi connectivity index (χ0) is 20.0. The SMILES string of the molecule is CC(C)C(=O)N1CCN(c2nc(C(C)C)nc3sc4c(c23)CC[C@@H](C)C4)CC1. The predicted octanol–water partition coefficient (Wildman–Crippen LogP) is 4.24. The predicted molar refractivity (Wildman–Crippen MR) is 116 cm³/mol. The fourth-order valence-electron chi connectivity index (χ4n) is 4.33. The first-order chi connectivity index (χ1) is 13.3. The normalized spacial score (nSPS) is 20.3. The molecular formula is C22H32N4OS. The van der Waals surface area contributed by atoms with Gasteiger partial charge in [0.15, 0.2) is 0 Å². The van der Waals surface area contributed by atoms with Crippen molar-refractivity contribution in [3.05, 3.63) is 16.3 Å². The monoisotopic (exact) mass is 400 g/mol. The van der Waals surface area contributed by atoms with Gasteiger partial charge in [0.25, 0.3) is 0 Å². The summed E-state index contributed by atoms with van der Waals surface area (Å²) in [5.41, 5.74) is 1.49. The number of carbonyl (C=O) groups excluding carboxylic acids is 1. The van der Waals surface area contributed by atoms with E-state index in [9.17, 15) is 4.79 Å². The lowest BCUT2D eigenvalue weighted by atomic mass is 9.89. The molecule has 0 unspecified atom stereocenters. The number of hydrogen-bond acceptors (Lipinski definition) is 5. The Morgan fingerprint density at radius 2 is 1.82 bits per heavy atom. The third kappa shape index (κ3) is 3.51. The van der Waals surface area contributed by atoms with Crippen LogP contribution in [-0.2, 0) is 17.6 Å². The molecule has 1 amide bonds. The van der Waals surface area contributed by atoms with Crippen LogP contribution in [0.2, 0.25) is 0 Å². The third-order valence-corrected chi connectivity index (χ3v) is 7.20. The maximum atomic E-state index is 12.4. The fourth-order valence-corrected chi connectivity index (χ4v) is 5.71. The number of aromatic nitrogens is 2. The average Bonchev–Trinajstić information content (AvgIpc) is 3.03. The molecule has 0 aromatic carbocycles. The molecule has 2 aromatic heterocycles. The highest BCUT2D eigenvalue weighted by molar-refractivity contribution is 7.19. The van der Waals surface area contributed by atoms with Crippen molar-refractivity contribution in [3.8, 4) is 0 Å². The Labute approximate surface area is 172 Å². The Bertz CT molecular complexity index is 880. The van der Waals surface area contributed by atoms with Crippen LogP contribution >= 0.6 is 11.3 Å². The van der Waals surface area contributed by atoms with Gasteiger partial charge in [0.1, 0.15) is 16.5 Å². The summed E-state index contributed by atoms with van der Waals surface area (Å²) in [5.74, 6) is 3.44. The molecule has 152 valence electrons. The van der Waals surface area contributed by atoms with Crippen molar-refractivity contribution in [3.63, 3.8) is 0 Å². The largest absolute Gasteiger partial charge is 0.352 e. The number of aryl methyl sites for hydroxylation is 1. The van der Waals surface area contributed by atoms with Gasteiger partial charge in [-0.3, -0.25) is 4.79 Å². The van der Waals surface area contributed by atoms with E-state index in [1.54, 1.807) is 0 Å². The summed E-state index contributed by atoms with van der Waals surface area (Å²) in [7, 11) is 0. The molecule has 4 rings (SSSR count). The van der Waals surface area contributed by atoms with Crippen LogP contribution in [0.25, 0.3) is 10.2 Å². The van der Waals surface area contributed by atoms with Crippen molar-refractivity contribution in [2.75, 3.05) is 31.1 Å². The van der Waals surface area contributed by atoms with E-state index >= 15 is 0 Å². The van der Waals surface area contributed by atoms with Crippen LogP contribution in [0.3, 0.4) is 0 Å². The molecule has 2 aliphatic rings. The third-order valence-electron chi connectivity index (χ3n) is 6.05. The number of carbonyl (C=O) groups is 1. The first-order valence-electron chi connectivity index (χ1n) is 10.7. The van der Waals surface area contributed by atoms with Gasteiger partial charge >= 0.3 is 0 Å². The zero-order valence-electron chi connectivity index (χ0n) is 17.8. The molecule has 28 heavy (non-hydrogen) atoms. The van der Waals surface area contributed by atoms with Crippen LogP contribution < -0.4 is 4.90 Å². The molecule has 1 aliphatic carbocycles. The van der Waals surface area contributed by atoms with Gasteiger partial charge in [-0.25, -0.2) is 9.97 Å². The fraction of sp³-hybridized carbons (Fsp3) is 0.682. The molecule has 5 nitrogen and oxygen atoms in total. The molecule has 0 radical (unpaired) electrons. The lowest BCUT2D eigenvalue weighted by Gasteiger charge is -2.36. The van der Waals surface area contributed by atoms with Crippen LogP contribution in [0.4, 0.5) is 5.82 Å². The minimum Gasteiger partial charge on any atom is -0.352 e. The van der Waals surface area contributed by atoms with Gasteiger partial charge in [-0.1, -0.05) is 34.6 Å². The number of piperazine rings is 1. The van der Waals surface area contributed by atoms with Crippen molar-refractivity contribution in [1.29, 1.82) is 0 Å². The molecule has 1 saturated heterocycles. The van der Waals surface area contributed by atoms with E-state index in [2.05, 4.69) is 25.7 Å². The molecule has 1 fully saturated rings. The molecule has 1 aliphatic heterocycles. The number of nitrogens with zero attached hydrogens (tertiary/aromatic N) is 4. The maximum absolute atomic E-state index is 12.4. The molecule has 0 N–H and O–H groups in total. The van der Waals surface area contributed by atoms with Crippen molar-refractivity contribution >= 4 is 33.3 Å². The summed E-state index contributed by atoms with van der Waals surface area (Å²) in [6, 6.07) is 0. The minimum atomic E-state index is 0.0655. The molecule has 3 heterocycles. The highest BCUT2D eigenvalue weighted by Gasteiger charge is 2.29. The Hall–Kier alpha value is -1.69. The quantitative estimate of drug-likeness (QED) is 0.773.